The molecule has 0 saturated heterocycles. The van der Waals surface area contributed by atoms with E-state index in [1.54, 1.807) is 24.3 Å². The molecule has 0 aromatic heterocycles. The third-order valence-corrected chi connectivity index (χ3v) is 5.45. The van der Waals surface area contributed by atoms with Crippen molar-refractivity contribution in [2.24, 2.45) is 23.7 Å². The van der Waals surface area contributed by atoms with Crippen LogP contribution in [0, 0.1) is 23.7 Å². The second-order valence-electron chi connectivity index (χ2n) is 7.19. The Kier molecular flexibility index (Phi) is 5.11. The maximum absolute atomic E-state index is 12.6. The molecule has 6 heteroatoms. The topological polar surface area (TPSA) is 95.5 Å². The zero-order valence-electron chi connectivity index (χ0n) is 14.9. The van der Waals surface area contributed by atoms with E-state index in [-0.39, 0.29) is 29.7 Å². The third-order valence-electron chi connectivity index (χ3n) is 5.45. The molecule has 1 aromatic rings. The summed E-state index contributed by atoms with van der Waals surface area (Å²) in [7, 11) is 0. The minimum Gasteiger partial charge on any atom is -0.481 e. The molecule has 0 aliphatic heterocycles. The Morgan fingerprint density at radius 3 is 2.31 bits per heavy atom. The lowest BCUT2D eigenvalue weighted by Gasteiger charge is -2.23. The normalized spacial score (nSPS) is 27.2. The number of aliphatic carboxylic acids is 1. The van der Waals surface area contributed by atoms with E-state index in [1.807, 2.05) is 26.0 Å². The van der Waals surface area contributed by atoms with Crippen molar-refractivity contribution in [2.75, 3.05) is 5.32 Å². The average Bonchev–Trinajstić information content (AvgIpc) is 3.23. The number of anilines is 1. The van der Waals surface area contributed by atoms with Gasteiger partial charge in [-0.3, -0.25) is 14.4 Å². The maximum Gasteiger partial charge on any atom is 0.307 e. The zero-order valence-corrected chi connectivity index (χ0v) is 14.9. The summed E-state index contributed by atoms with van der Waals surface area (Å²) in [6, 6.07) is 6.75. The summed E-state index contributed by atoms with van der Waals surface area (Å²) in [5.74, 6) is -2.62. The van der Waals surface area contributed by atoms with Crippen LogP contribution in [0.4, 0.5) is 5.69 Å². The van der Waals surface area contributed by atoms with Crippen LogP contribution in [0.3, 0.4) is 0 Å². The lowest BCUT2D eigenvalue weighted by atomic mass is 9.82. The number of carbonyl (C=O) groups is 3. The van der Waals surface area contributed by atoms with E-state index in [2.05, 4.69) is 10.6 Å². The van der Waals surface area contributed by atoms with Crippen molar-refractivity contribution in [3.05, 3.63) is 42.0 Å². The highest BCUT2D eigenvalue weighted by Gasteiger charge is 2.51. The molecule has 3 rings (SSSR count). The minimum absolute atomic E-state index is 0.0123. The molecule has 2 bridgehead atoms. The number of benzene rings is 1. The second kappa shape index (κ2) is 7.32. The quantitative estimate of drug-likeness (QED) is 0.683. The second-order valence-corrected chi connectivity index (χ2v) is 7.19. The van der Waals surface area contributed by atoms with E-state index in [0.717, 1.165) is 12.8 Å². The third kappa shape index (κ3) is 3.49. The van der Waals surface area contributed by atoms with Crippen molar-refractivity contribution >= 4 is 23.5 Å². The minimum atomic E-state index is -0.918. The van der Waals surface area contributed by atoms with Crippen LogP contribution in [0.25, 0.3) is 0 Å². The number of amides is 2. The Morgan fingerprint density at radius 1 is 1.12 bits per heavy atom. The van der Waals surface area contributed by atoms with Crippen molar-refractivity contribution in [2.45, 2.75) is 32.7 Å². The number of hydrogen-bond donors (Lipinski definition) is 3. The van der Waals surface area contributed by atoms with Gasteiger partial charge in [0, 0.05) is 17.3 Å². The Balaban J connectivity index is 1.66. The molecule has 1 fully saturated rings. The number of fused-ring (bicyclic) bond motifs is 2. The number of carboxylic acids is 1. The van der Waals surface area contributed by atoms with E-state index in [9.17, 15) is 19.5 Å². The number of hydrogen-bond acceptors (Lipinski definition) is 3. The Morgan fingerprint density at radius 2 is 1.73 bits per heavy atom. The molecule has 5 atom stereocenters. The van der Waals surface area contributed by atoms with Gasteiger partial charge < -0.3 is 15.7 Å². The first-order valence-electron chi connectivity index (χ1n) is 9.03. The molecule has 1 aromatic carbocycles. The average molecular weight is 356 g/mol. The summed E-state index contributed by atoms with van der Waals surface area (Å²) >= 11 is 0. The molecule has 0 radical (unpaired) electrons. The molecule has 6 nitrogen and oxygen atoms in total. The van der Waals surface area contributed by atoms with Crippen molar-refractivity contribution in [1.82, 2.24) is 5.32 Å². The van der Waals surface area contributed by atoms with Gasteiger partial charge in [0.05, 0.1) is 11.8 Å². The fourth-order valence-corrected chi connectivity index (χ4v) is 3.86. The highest BCUT2D eigenvalue weighted by Crippen LogP contribution is 2.48. The maximum atomic E-state index is 12.6. The number of carboxylic acid groups (broad SMARTS) is 1. The van der Waals surface area contributed by atoms with Gasteiger partial charge in [0.2, 0.25) is 5.91 Å². The summed E-state index contributed by atoms with van der Waals surface area (Å²) in [6.45, 7) is 3.94. The predicted octanol–water partition coefficient (Wildman–Crippen LogP) is 2.68. The lowest BCUT2D eigenvalue weighted by Crippen LogP contribution is -2.36. The van der Waals surface area contributed by atoms with Gasteiger partial charge in [-0.15, -0.1) is 0 Å². The monoisotopic (exact) mass is 356 g/mol. The standard InChI is InChI=1S/C20H24N2O4/c1-3-11(2)21-18(23)12-6-8-15(9-7-12)22-19(24)16-13-4-5-14(10-13)17(16)20(25)26/h4-9,11,13-14,16-17H,3,10H2,1-2H3,(H,21,23)(H,22,24)(H,25,26)/t11-,13-,14-,16+,17-/m0/s1. The molecule has 26 heavy (non-hydrogen) atoms. The number of allylic oxidation sites excluding steroid dienone is 2. The highest BCUT2D eigenvalue weighted by atomic mass is 16.4. The molecular weight excluding hydrogens is 332 g/mol. The summed E-state index contributed by atoms with van der Waals surface area (Å²) in [4.78, 5) is 36.3. The van der Waals surface area contributed by atoms with Crippen LogP contribution in [-0.2, 0) is 9.59 Å². The van der Waals surface area contributed by atoms with E-state index in [4.69, 9.17) is 0 Å². The number of carbonyl (C=O) groups excluding carboxylic acids is 2. The first-order chi connectivity index (χ1) is 12.4. The first-order valence-corrected chi connectivity index (χ1v) is 9.03. The van der Waals surface area contributed by atoms with Crippen LogP contribution in [-0.4, -0.2) is 28.9 Å². The lowest BCUT2D eigenvalue weighted by molar-refractivity contribution is -0.146. The molecular formula is C20H24N2O4. The van der Waals surface area contributed by atoms with Crippen LogP contribution in [0.1, 0.15) is 37.0 Å². The molecule has 138 valence electrons. The Bertz CT molecular complexity index is 741. The van der Waals surface area contributed by atoms with E-state index >= 15 is 0 Å². The molecule has 2 aliphatic carbocycles. The molecule has 1 saturated carbocycles. The van der Waals surface area contributed by atoms with Gasteiger partial charge >= 0.3 is 5.97 Å². The SMILES string of the molecule is CC[C@H](C)NC(=O)c1ccc(NC(=O)[C@H]2[C@@H](C(=O)O)[C@H]3C=C[C@H]2C3)cc1. The molecule has 2 aliphatic rings. The van der Waals surface area contributed by atoms with Crippen LogP contribution in [0.15, 0.2) is 36.4 Å². The Labute approximate surface area is 152 Å². The molecule has 3 N–H and O–H groups in total. The summed E-state index contributed by atoms with van der Waals surface area (Å²) in [6.07, 6.45) is 5.45. The van der Waals surface area contributed by atoms with Gasteiger partial charge in [-0.05, 0) is 55.9 Å². The molecule has 0 unspecified atom stereocenters. The van der Waals surface area contributed by atoms with E-state index < -0.39 is 17.8 Å². The smallest absolute Gasteiger partial charge is 0.307 e. The highest BCUT2D eigenvalue weighted by molar-refractivity contribution is 5.98. The van der Waals surface area contributed by atoms with Gasteiger partial charge in [0.1, 0.15) is 0 Å². The van der Waals surface area contributed by atoms with Crippen LogP contribution in [0.2, 0.25) is 0 Å². The fraction of sp³-hybridized carbons (Fsp3) is 0.450. The summed E-state index contributed by atoms with van der Waals surface area (Å²) in [5.41, 5.74) is 1.08. The van der Waals surface area contributed by atoms with Gasteiger partial charge in [-0.2, -0.15) is 0 Å². The van der Waals surface area contributed by atoms with Crippen molar-refractivity contribution in [3.8, 4) is 0 Å². The molecule has 0 heterocycles. The van der Waals surface area contributed by atoms with E-state index in [0.29, 0.717) is 11.3 Å². The van der Waals surface area contributed by atoms with E-state index in [1.165, 1.54) is 0 Å². The van der Waals surface area contributed by atoms with Crippen LogP contribution < -0.4 is 10.6 Å². The fourth-order valence-electron chi connectivity index (χ4n) is 3.86. The van der Waals surface area contributed by atoms with Crippen molar-refractivity contribution in [1.29, 1.82) is 0 Å². The van der Waals surface area contributed by atoms with Crippen LogP contribution >= 0.6 is 0 Å². The van der Waals surface area contributed by atoms with Crippen molar-refractivity contribution in [3.63, 3.8) is 0 Å². The molecule has 2 amide bonds. The van der Waals surface area contributed by atoms with Gasteiger partial charge in [-0.25, -0.2) is 0 Å². The van der Waals surface area contributed by atoms with Gasteiger partial charge in [0.25, 0.3) is 5.91 Å². The summed E-state index contributed by atoms with van der Waals surface area (Å²) < 4.78 is 0. The van der Waals surface area contributed by atoms with Crippen LogP contribution in [0.5, 0.6) is 0 Å². The number of nitrogens with one attached hydrogen (secondary N) is 2. The predicted molar refractivity (Wildman–Crippen MR) is 97.6 cm³/mol. The van der Waals surface area contributed by atoms with Crippen molar-refractivity contribution < 1.29 is 19.5 Å². The molecule has 0 spiro atoms. The Hall–Kier alpha value is -2.63. The largest absolute Gasteiger partial charge is 0.481 e. The van der Waals surface area contributed by atoms with Gasteiger partial charge in [0.15, 0.2) is 0 Å². The summed E-state index contributed by atoms with van der Waals surface area (Å²) in [5, 5.41) is 15.1. The number of rotatable bonds is 6. The van der Waals surface area contributed by atoms with Gasteiger partial charge in [-0.1, -0.05) is 19.1 Å². The first kappa shape index (κ1) is 18.2. The zero-order chi connectivity index (χ0) is 18.8.